The highest BCUT2D eigenvalue weighted by atomic mass is 35.5. The molecule has 0 fully saturated rings. The van der Waals surface area contributed by atoms with Crippen LogP contribution >= 0.6 is 23.8 Å². The predicted octanol–water partition coefficient (Wildman–Crippen LogP) is 3.47. The van der Waals surface area contributed by atoms with Crippen LogP contribution in [0.25, 0.3) is 0 Å². The van der Waals surface area contributed by atoms with Crippen molar-refractivity contribution in [1.82, 2.24) is 4.98 Å². The Morgan fingerprint density at radius 2 is 2.00 bits per heavy atom. The van der Waals surface area contributed by atoms with Crippen molar-refractivity contribution in [2.75, 3.05) is 0 Å². The second-order valence-electron chi connectivity index (χ2n) is 3.70. The lowest BCUT2D eigenvalue weighted by Crippen LogP contribution is -2.12. The maximum atomic E-state index is 6.03. The molecule has 0 unspecified atom stereocenters. The molecular formula is C13H11ClN2OS. The van der Waals surface area contributed by atoms with Crippen molar-refractivity contribution in [2.24, 2.45) is 5.73 Å². The standard InChI is InChI=1S/C13H11ClN2OS/c1-8-6-7-9(12(15)18)13(16-8)17-11-5-3-2-4-10(11)14/h2-7H,1H3,(H2,15,18). The number of aryl methyl sites for hydroxylation is 1. The second kappa shape index (κ2) is 5.33. The predicted molar refractivity (Wildman–Crippen MR) is 76.4 cm³/mol. The molecule has 0 saturated heterocycles. The highest BCUT2D eigenvalue weighted by Crippen LogP contribution is 2.29. The molecule has 0 bridgehead atoms. The van der Waals surface area contributed by atoms with Gasteiger partial charge in [-0.2, -0.15) is 0 Å². The molecule has 5 heteroatoms. The van der Waals surface area contributed by atoms with E-state index in [1.807, 2.05) is 25.1 Å². The third kappa shape index (κ3) is 2.78. The fourth-order valence-corrected chi connectivity index (χ4v) is 1.76. The number of hydrogen-bond donors (Lipinski definition) is 1. The zero-order chi connectivity index (χ0) is 13.1. The number of ether oxygens (including phenoxy) is 1. The van der Waals surface area contributed by atoms with Gasteiger partial charge >= 0.3 is 0 Å². The largest absolute Gasteiger partial charge is 0.437 e. The number of aromatic nitrogens is 1. The van der Waals surface area contributed by atoms with Crippen LogP contribution in [0.15, 0.2) is 36.4 Å². The molecule has 2 N–H and O–H groups in total. The van der Waals surface area contributed by atoms with E-state index in [1.165, 1.54) is 0 Å². The van der Waals surface area contributed by atoms with Crippen LogP contribution in [0.1, 0.15) is 11.3 Å². The number of para-hydroxylation sites is 1. The van der Waals surface area contributed by atoms with E-state index in [2.05, 4.69) is 4.98 Å². The molecule has 0 aliphatic rings. The average Bonchev–Trinajstić information content (AvgIpc) is 2.32. The molecule has 2 rings (SSSR count). The Kier molecular flexibility index (Phi) is 3.79. The van der Waals surface area contributed by atoms with Gasteiger partial charge in [-0.15, -0.1) is 0 Å². The lowest BCUT2D eigenvalue weighted by Gasteiger charge is -2.10. The number of nitrogens with two attached hydrogens (primary N) is 1. The molecule has 0 aliphatic heterocycles. The highest BCUT2D eigenvalue weighted by molar-refractivity contribution is 7.80. The van der Waals surface area contributed by atoms with Gasteiger partial charge in [-0.1, -0.05) is 36.0 Å². The van der Waals surface area contributed by atoms with Gasteiger partial charge in [-0.25, -0.2) is 4.98 Å². The summed E-state index contributed by atoms with van der Waals surface area (Å²) in [5.74, 6) is 0.894. The Balaban J connectivity index is 2.42. The minimum Gasteiger partial charge on any atom is -0.437 e. The van der Waals surface area contributed by atoms with E-state index in [9.17, 15) is 0 Å². The van der Waals surface area contributed by atoms with E-state index in [0.29, 0.717) is 22.2 Å². The molecule has 1 aromatic heterocycles. The summed E-state index contributed by atoms with van der Waals surface area (Å²) < 4.78 is 5.67. The monoisotopic (exact) mass is 278 g/mol. The number of hydrogen-bond acceptors (Lipinski definition) is 3. The molecule has 0 aliphatic carbocycles. The maximum absolute atomic E-state index is 6.03. The summed E-state index contributed by atoms with van der Waals surface area (Å²) >= 11 is 11.0. The van der Waals surface area contributed by atoms with Crippen molar-refractivity contribution in [1.29, 1.82) is 0 Å². The van der Waals surface area contributed by atoms with Gasteiger partial charge in [0.25, 0.3) is 0 Å². The molecule has 0 saturated carbocycles. The van der Waals surface area contributed by atoms with Crippen LogP contribution in [0.5, 0.6) is 11.6 Å². The van der Waals surface area contributed by atoms with Crippen LogP contribution in [0.3, 0.4) is 0 Å². The Hall–Kier alpha value is -1.65. The Morgan fingerprint density at radius 3 is 2.67 bits per heavy atom. The number of rotatable bonds is 3. The van der Waals surface area contributed by atoms with Crippen molar-refractivity contribution in [2.45, 2.75) is 6.92 Å². The van der Waals surface area contributed by atoms with Crippen LogP contribution in [0.4, 0.5) is 0 Å². The third-order valence-corrected chi connectivity index (χ3v) is 2.84. The first-order valence-electron chi connectivity index (χ1n) is 5.28. The van der Waals surface area contributed by atoms with Crippen LogP contribution in [0, 0.1) is 6.92 Å². The van der Waals surface area contributed by atoms with Crippen LogP contribution in [0.2, 0.25) is 5.02 Å². The van der Waals surface area contributed by atoms with Crippen LogP contribution < -0.4 is 10.5 Å². The summed E-state index contributed by atoms with van der Waals surface area (Å²) in [6, 6.07) is 10.8. The molecule has 18 heavy (non-hydrogen) atoms. The minimum absolute atomic E-state index is 0.240. The zero-order valence-electron chi connectivity index (χ0n) is 9.68. The van der Waals surface area contributed by atoms with Gasteiger partial charge in [-0.05, 0) is 31.2 Å². The van der Waals surface area contributed by atoms with E-state index in [0.717, 1.165) is 5.69 Å². The summed E-state index contributed by atoms with van der Waals surface area (Å²) in [5, 5.41) is 0.509. The van der Waals surface area contributed by atoms with Crippen LogP contribution in [-0.2, 0) is 0 Å². The van der Waals surface area contributed by atoms with Crippen molar-refractivity contribution in [3.8, 4) is 11.6 Å². The summed E-state index contributed by atoms with van der Waals surface area (Å²) in [6.45, 7) is 1.86. The summed E-state index contributed by atoms with van der Waals surface area (Å²) in [7, 11) is 0. The van der Waals surface area contributed by atoms with E-state index >= 15 is 0 Å². The smallest absolute Gasteiger partial charge is 0.229 e. The first-order chi connectivity index (χ1) is 8.58. The van der Waals surface area contributed by atoms with Gasteiger partial charge < -0.3 is 10.5 Å². The molecule has 0 spiro atoms. The second-order valence-corrected chi connectivity index (χ2v) is 4.55. The fourth-order valence-electron chi connectivity index (χ4n) is 1.43. The first kappa shape index (κ1) is 12.8. The SMILES string of the molecule is Cc1ccc(C(N)=S)c(Oc2ccccc2Cl)n1. The van der Waals surface area contributed by atoms with E-state index < -0.39 is 0 Å². The molecule has 1 aromatic carbocycles. The first-order valence-corrected chi connectivity index (χ1v) is 6.06. The molecule has 0 radical (unpaired) electrons. The van der Waals surface area contributed by atoms with E-state index in [1.54, 1.807) is 18.2 Å². The molecule has 2 aromatic rings. The molecule has 92 valence electrons. The van der Waals surface area contributed by atoms with Crippen molar-refractivity contribution in [3.05, 3.63) is 52.7 Å². The number of benzene rings is 1. The molecule has 0 amide bonds. The van der Waals surface area contributed by atoms with Crippen LogP contribution in [-0.4, -0.2) is 9.97 Å². The van der Waals surface area contributed by atoms with Gasteiger partial charge in [0.1, 0.15) is 10.7 Å². The van der Waals surface area contributed by atoms with Crippen molar-refractivity contribution < 1.29 is 4.74 Å². The Labute approximate surface area is 116 Å². The number of thiocarbonyl (C=S) groups is 1. The van der Waals surface area contributed by atoms with Gasteiger partial charge in [0, 0.05) is 5.69 Å². The number of pyridine rings is 1. The minimum atomic E-state index is 0.240. The lowest BCUT2D eigenvalue weighted by atomic mass is 10.2. The van der Waals surface area contributed by atoms with Gasteiger partial charge in [0.15, 0.2) is 0 Å². The van der Waals surface area contributed by atoms with Gasteiger partial charge in [0.2, 0.25) is 5.88 Å². The molecule has 3 nitrogen and oxygen atoms in total. The molecular weight excluding hydrogens is 268 g/mol. The summed E-state index contributed by atoms with van der Waals surface area (Å²) in [6.07, 6.45) is 0. The topological polar surface area (TPSA) is 48.1 Å². The summed E-state index contributed by atoms with van der Waals surface area (Å²) in [4.78, 5) is 4.52. The van der Waals surface area contributed by atoms with E-state index in [-0.39, 0.29) is 4.99 Å². The highest BCUT2D eigenvalue weighted by Gasteiger charge is 2.11. The Morgan fingerprint density at radius 1 is 1.28 bits per heavy atom. The third-order valence-electron chi connectivity index (χ3n) is 2.31. The Bertz CT molecular complexity index is 601. The molecule has 1 heterocycles. The van der Waals surface area contributed by atoms with Crippen molar-refractivity contribution in [3.63, 3.8) is 0 Å². The van der Waals surface area contributed by atoms with Crippen molar-refractivity contribution >= 4 is 28.8 Å². The van der Waals surface area contributed by atoms with Gasteiger partial charge in [0.05, 0.1) is 10.6 Å². The lowest BCUT2D eigenvalue weighted by molar-refractivity contribution is 0.461. The number of halogens is 1. The normalized spacial score (nSPS) is 10.1. The van der Waals surface area contributed by atoms with Gasteiger partial charge in [-0.3, -0.25) is 0 Å². The zero-order valence-corrected chi connectivity index (χ0v) is 11.3. The van der Waals surface area contributed by atoms with E-state index in [4.69, 9.17) is 34.3 Å². The quantitative estimate of drug-likeness (QED) is 0.874. The summed E-state index contributed by atoms with van der Waals surface area (Å²) in [5.41, 5.74) is 7.04. The maximum Gasteiger partial charge on any atom is 0.229 e. The number of nitrogens with zero attached hydrogens (tertiary/aromatic N) is 1. The fraction of sp³-hybridized carbons (Fsp3) is 0.0769. The molecule has 0 atom stereocenters. The average molecular weight is 279 g/mol.